The lowest BCUT2D eigenvalue weighted by Crippen LogP contribution is -1.90. The average molecular weight is 235 g/mol. The molecular formula is C13H11ClO2. The summed E-state index contributed by atoms with van der Waals surface area (Å²) >= 11 is 6.02. The third-order valence-electron chi connectivity index (χ3n) is 2.45. The van der Waals surface area contributed by atoms with Crippen LogP contribution in [0, 0.1) is 0 Å². The highest BCUT2D eigenvalue weighted by Gasteiger charge is 2.09. The predicted molar refractivity (Wildman–Crippen MR) is 64.0 cm³/mol. The molecule has 2 rings (SSSR count). The molecule has 0 unspecified atom stereocenters. The first-order chi connectivity index (χ1) is 7.68. The van der Waals surface area contributed by atoms with Crippen LogP contribution in [0.2, 0.25) is 5.02 Å². The van der Waals surface area contributed by atoms with E-state index in [1.807, 2.05) is 18.2 Å². The third kappa shape index (κ3) is 2.12. The van der Waals surface area contributed by atoms with Crippen LogP contribution in [-0.4, -0.2) is 10.2 Å². The maximum absolute atomic E-state index is 9.64. The number of halogens is 1. The van der Waals surface area contributed by atoms with Crippen LogP contribution in [0.5, 0.6) is 11.5 Å². The number of aromatic hydroxyl groups is 2. The van der Waals surface area contributed by atoms with Gasteiger partial charge in [0.2, 0.25) is 0 Å². The zero-order valence-electron chi connectivity index (χ0n) is 8.52. The fraction of sp³-hybridized carbons (Fsp3) is 0.0769. The Kier molecular flexibility index (Phi) is 3.02. The van der Waals surface area contributed by atoms with E-state index in [-0.39, 0.29) is 11.5 Å². The minimum atomic E-state index is 0.0833. The number of phenolic OH excluding ortho intramolecular Hbond substituents is 2. The van der Waals surface area contributed by atoms with Gasteiger partial charge in [-0.1, -0.05) is 35.9 Å². The van der Waals surface area contributed by atoms with E-state index in [0.29, 0.717) is 17.0 Å². The Bertz CT molecular complexity index is 489. The number of hydrogen-bond donors (Lipinski definition) is 2. The Balaban J connectivity index is 2.38. The van der Waals surface area contributed by atoms with E-state index >= 15 is 0 Å². The molecule has 2 aromatic carbocycles. The summed E-state index contributed by atoms with van der Waals surface area (Å²) < 4.78 is 0. The molecule has 0 saturated carbocycles. The molecule has 3 heteroatoms. The summed E-state index contributed by atoms with van der Waals surface area (Å²) in [7, 11) is 0. The molecule has 0 heterocycles. The van der Waals surface area contributed by atoms with Crippen molar-refractivity contribution >= 4 is 11.6 Å². The number of hydrogen-bond acceptors (Lipinski definition) is 2. The van der Waals surface area contributed by atoms with E-state index in [1.54, 1.807) is 24.3 Å². The van der Waals surface area contributed by atoms with Crippen molar-refractivity contribution < 1.29 is 10.2 Å². The van der Waals surface area contributed by atoms with E-state index in [4.69, 9.17) is 11.6 Å². The summed E-state index contributed by atoms with van der Waals surface area (Å²) in [6, 6.07) is 12.1. The Labute approximate surface area is 98.7 Å². The summed E-state index contributed by atoms with van der Waals surface area (Å²) in [5.74, 6) is 0.167. The topological polar surface area (TPSA) is 40.5 Å². The number of benzene rings is 2. The first-order valence-corrected chi connectivity index (χ1v) is 5.29. The van der Waals surface area contributed by atoms with Gasteiger partial charge in [0.05, 0.1) is 0 Å². The van der Waals surface area contributed by atoms with Gasteiger partial charge in [0.25, 0.3) is 0 Å². The van der Waals surface area contributed by atoms with Crippen LogP contribution >= 0.6 is 11.6 Å². The molecule has 2 aromatic rings. The van der Waals surface area contributed by atoms with Gasteiger partial charge in [-0.2, -0.15) is 0 Å². The van der Waals surface area contributed by atoms with Crippen LogP contribution in [0.4, 0.5) is 0 Å². The maximum Gasteiger partial charge on any atom is 0.122 e. The molecule has 0 spiro atoms. The van der Waals surface area contributed by atoms with Gasteiger partial charge < -0.3 is 10.2 Å². The molecule has 16 heavy (non-hydrogen) atoms. The van der Waals surface area contributed by atoms with Crippen LogP contribution in [0.15, 0.2) is 42.5 Å². The van der Waals surface area contributed by atoms with E-state index < -0.39 is 0 Å². The fourth-order valence-corrected chi connectivity index (χ4v) is 1.78. The van der Waals surface area contributed by atoms with Gasteiger partial charge in [-0.05, 0) is 23.8 Å². The molecule has 0 radical (unpaired) electrons. The summed E-state index contributed by atoms with van der Waals surface area (Å²) in [5.41, 5.74) is 1.37. The second kappa shape index (κ2) is 4.45. The van der Waals surface area contributed by atoms with E-state index in [9.17, 15) is 10.2 Å². The molecule has 82 valence electrons. The van der Waals surface area contributed by atoms with Crippen molar-refractivity contribution in [2.45, 2.75) is 6.42 Å². The van der Waals surface area contributed by atoms with Gasteiger partial charge in [-0.3, -0.25) is 0 Å². The Morgan fingerprint density at radius 3 is 2.12 bits per heavy atom. The van der Waals surface area contributed by atoms with Crippen molar-refractivity contribution in [2.24, 2.45) is 0 Å². The molecule has 0 fully saturated rings. The molecule has 2 N–H and O–H groups in total. The normalized spacial score (nSPS) is 10.3. The zero-order chi connectivity index (χ0) is 11.5. The van der Waals surface area contributed by atoms with Gasteiger partial charge in [-0.25, -0.2) is 0 Å². The Morgan fingerprint density at radius 2 is 1.50 bits per heavy atom. The molecule has 2 nitrogen and oxygen atoms in total. The van der Waals surface area contributed by atoms with Gasteiger partial charge in [0, 0.05) is 17.0 Å². The summed E-state index contributed by atoms with van der Waals surface area (Å²) in [6.45, 7) is 0. The molecule has 0 bridgehead atoms. The molecule has 0 atom stereocenters. The highest BCUT2D eigenvalue weighted by atomic mass is 35.5. The van der Waals surface area contributed by atoms with Crippen LogP contribution in [0.25, 0.3) is 0 Å². The minimum Gasteiger partial charge on any atom is -0.508 e. The molecular weight excluding hydrogens is 224 g/mol. The van der Waals surface area contributed by atoms with E-state index in [2.05, 4.69) is 0 Å². The summed E-state index contributed by atoms with van der Waals surface area (Å²) in [6.07, 6.45) is 0.415. The Hall–Kier alpha value is -1.67. The quantitative estimate of drug-likeness (QED) is 0.837. The van der Waals surface area contributed by atoms with Crippen LogP contribution < -0.4 is 0 Å². The first-order valence-electron chi connectivity index (χ1n) is 4.91. The predicted octanol–water partition coefficient (Wildman–Crippen LogP) is 3.34. The highest BCUT2D eigenvalue weighted by Crippen LogP contribution is 2.30. The lowest BCUT2D eigenvalue weighted by atomic mass is 10.0. The molecule has 0 aliphatic rings. The smallest absolute Gasteiger partial charge is 0.122 e. The van der Waals surface area contributed by atoms with Gasteiger partial charge in [0.15, 0.2) is 0 Å². The Morgan fingerprint density at radius 1 is 0.875 bits per heavy atom. The maximum atomic E-state index is 9.64. The summed E-state index contributed by atoms with van der Waals surface area (Å²) in [5, 5.41) is 19.9. The standard InChI is InChI=1S/C13H11ClO2/c14-11-5-2-1-4-9(11)8-10-12(15)6-3-7-13(10)16/h1-7,15-16H,8H2. The minimum absolute atomic E-state index is 0.0833. The largest absolute Gasteiger partial charge is 0.508 e. The van der Waals surface area contributed by atoms with Crippen molar-refractivity contribution in [3.05, 3.63) is 58.6 Å². The lowest BCUT2D eigenvalue weighted by molar-refractivity contribution is 0.440. The monoisotopic (exact) mass is 234 g/mol. The molecule has 0 saturated heterocycles. The lowest BCUT2D eigenvalue weighted by Gasteiger charge is -2.08. The fourth-order valence-electron chi connectivity index (χ4n) is 1.58. The highest BCUT2D eigenvalue weighted by molar-refractivity contribution is 6.31. The molecule has 0 amide bonds. The van der Waals surface area contributed by atoms with Crippen molar-refractivity contribution in [2.75, 3.05) is 0 Å². The SMILES string of the molecule is Oc1cccc(O)c1Cc1ccccc1Cl. The molecule has 0 aliphatic carbocycles. The third-order valence-corrected chi connectivity index (χ3v) is 2.82. The van der Waals surface area contributed by atoms with Crippen molar-refractivity contribution in [1.82, 2.24) is 0 Å². The van der Waals surface area contributed by atoms with Crippen LogP contribution in [0.1, 0.15) is 11.1 Å². The number of phenols is 2. The van der Waals surface area contributed by atoms with Gasteiger partial charge in [0.1, 0.15) is 11.5 Å². The van der Waals surface area contributed by atoms with Crippen LogP contribution in [-0.2, 0) is 6.42 Å². The average Bonchev–Trinajstić information content (AvgIpc) is 2.26. The zero-order valence-corrected chi connectivity index (χ0v) is 9.28. The van der Waals surface area contributed by atoms with Crippen molar-refractivity contribution in [3.63, 3.8) is 0 Å². The van der Waals surface area contributed by atoms with Crippen LogP contribution in [0.3, 0.4) is 0 Å². The van der Waals surface area contributed by atoms with E-state index in [0.717, 1.165) is 5.56 Å². The second-order valence-corrected chi connectivity index (χ2v) is 3.95. The number of rotatable bonds is 2. The van der Waals surface area contributed by atoms with Gasteiger partial charge in [-0.15, -0.1) is 0 Å². The second-order valence-electron chi connectivity index (χ2n) is 3.54. The van der Waals surface area contributed by atoms with E-state index in [1.165, 1.54) is 0 Å². The molecule has 0 aromatic heterocycles. The van der Waals surface area contributed by atoms with Crippen molar-refractivity contribution in [1.29, 1.82) is 0 Å². The van der Waals surface area contributed by atoms with Gasteiger partial charge >= 0.3 is 0 Å². The first kappa shape index (κ1) is 10.8. The van der Waals surface area contributed by atoms with Crippen molar-refractivity contribution in [3.8, 4) is 11.5 Å². The summed E-state index contributed by atoms with van der Waals surface area (Å²) in [4.78, 5) is 0. The molecule has 0 aliphatic heterocycles.